The van der Waals surface area contributed by atoms with Gasteiger partial charge in [0.1, 0.15) is 0 Å². The fraction of sp³-hybridized carbons (Fsp3) is 0.947. The van der Waals surface area contributed by atoms with E-state index in [2.05, 4.69) is 20.8 Å². The van der Waals surface area contributed by atoms with E-state index < -0.39 is 0 Å². The van der Waals surface area contributed by atoms with Gasteiger partial charge in [0.15, 0.2) is 0 Å². The van der Waals surface area contributed by atoms with Gasteiger partial charge in [0.25, 0.3) is 0 Å². The fourth-order valence-corrected chi connectivity index (χ4v) is 2.79. The molecule has 19 heavy (non-hydrogen) atoms. The first-order valence-electron chi connectivity index (χ1n) is 9.10. The molecule has 0 N–H and O–H groups in total. The van der Waals surface area contributed by atoms with Crippen LogP contribution in [0, 0.1) is 12.8 Å². The summed E-state index contributed by atoms with van der Waals surface area (Å²) in [4.78, 5) is 0. The predicted octanol–water partition coefficient (Wildman–Crippen LogP) is 7.33. The maximum Gasteiger partial charge on any atom is -0.0443 e. The Balaban J connectivity index is 3.05. The van der Waals surface area contributed by atoms with Gasteiger partial charge in [0.05, 0.1) is 0 Å². The largest absolute Gasteiger partial charge is 0.0654 e. The van der Waals surface area contributed by atoms with E-state index in [4.69, 9.17) is 0 Å². The zero-order valence-corrected chi connectivity index (χ0v) is 13.9. The molecule has 1 radical (unpaired) electrons. The molecule has 0 rings (SSSR count). The Bertz CT molecular complexity index is 150. The quantitative estimate of drug-likeness (QED) is 0.272. The van der Waals surface area contributed by atoms with Crippen LogP contribution in [0.2, 0.25) is 0 Å². The molecule has 1 atom stereocenters. The van der Waals surface area contributed by atoms with E-state index >= 15 is 0 Å². The summed E-state index contributed by atoms with van der Waals surface area (Å²) >= 11 is 0. The lowest BCUT2D eigenvalue weighted by Crippen LogP contribution is -1.94. The van der Waals surface area contributed by atoms with Gasteiger partial charge >= 0.3 is 0 Å². The molecule has 0 heteroatoms. The van der Waals surface area contributed by atoms with Crippen LogP contribution in [-0.4, -0.2) is 0 Å². The molecule has 0 aromatic rings. The molecule has 0 amide bonds. The van der Waals surface area contributed by atoms with E-state index in [1.807, 2.05) is 0 Å². The lowest BCUT2D eigenvalue weighted by Gasteiger charge is -2.10. The molecule has 0 aliphatic rings. The minimum absolute atomic E-state index is 0.945. The molecule has 0 spiro atoms. The topological polar surface area (TPSA) is 0 Å². The third kappa shape index (κ3) is 15.9. The SMILES string of the molecule is [CH2]CCCCC(C)CCCCCCCCCCCC. The van der Waals surface area contributed by atoms with Crippen LogP contribution in [0.1, 0.15) is 110 Å². The Labute approximate surface area is 123 Å². The summed E-state index contributed by atoms with van der Waals surface area (Å²) in [6, 6.07) is 0. The van der Waals surface area contributed by atoms with Crippen molar-refractivity contribution >= 4 is 0 Å². The smallest absolute Gasteiger partial charge is 0.0443 e. The molecule has 0 fully saturated rings. The molecular weight excluding hydrogens is 228 g/mol. The van der Waals surface area contributed by atoms with Crippen molar-refractivity contribution < 1.29 is 0 Å². The summed E-state index contributed by atoms with van der Waals surface area (Å²) in [6.45, 7) is 8.63. The van der Waals surface area contributed by atoms with Gasteiger partial charge in [0.2, 0.25) is 0 Å². The average Bonchev–Trinajstić information content (AvgIpc) is 2.41. The van der Waals surface area contributed by atoms with E-state index in [1.165, 1.54) is 89.9 Å². The standard InChI is InChI=1S/C19H39/c1-4-6-8-9-10-11-12-13-14-16-18-19(3)17-15-7-5-2/h19H,2,4-18H2,1,3H3. The fourth-order valence-electron chi connectivity index (χ4n) is 2.79. The van der Waals surface area contributed by atoms with E-state index in [0.29, 0.717) is 0 Å². The van der Waals surface area contributed by atoms with Gasteiger partial charge in [-0.15, -0.1) is 0 Å². The summed E-state index contributed by atoms with van der Waals surface area (Å²) in [7, 11) is 0. The van der Waals surface area contributed by atoms with Gasteiger partial charge in [-0.25, -0.2) is 0 Å². The minimum Gasteiger partial charge on any atom is -0.0654 e. The first-order valence-corrected chi connectivity index (χ1v) is 9.10. The first kappa shape index (κ1) is 19.0. The molecule has 0 saturated heterocycles. The van der Waals surface area contributed by atoms with Crippen molar-refractivity contribution in [1.29, 1.82) is 0 Å². The molecule has 0 aromatic carbocycles. The van der Waals surface area contributed by atoms with Crippen LogP contribution in [0.3, 0.4) is 0 Å². The Morgan fingerprint density at radius 3 is 1.53 bits per heavy atom. The van der Waals surface area contributed by atoms with Gasteiger partial charge in [-0.3, -0.25) is 0 Å². The second-order valence-electron chi connectivity index (χ2n) is 6.43. The van der Waals surface area contributed by atoms with Crippen LogP contribution in [0.5, 0.6) is 0 Å². The summed E-state index contributed by atoms with van der Waals surface area (Å²) in [6.07, 6.45) is 21.3. The van der Waals surface area contributed by atoms with E-state index in [1.54, 1.807) is 0 Å². The zero-order chi connectivity index (χ0) is 14.2. The van der Waals surface area contributed by atoms with Crippen LogP contribution < -0.4 is 0 Å². The predicted molar refractivity (Wildman–Crippen MR) is 89.5 cm³/mol. The van der Waals surface area contributed by atoms with Crippen molar-refractivity contribution in [2.45, 2.75) is 110 Å². The molecule has 0 aliphatic heterocycles. The van der Waals surface area contributed by atoms with Gasteiger partial charge < -0.3 is 0 Å². The Morgan fingerprint density at radius 2 is 1.05 bits per heavy atom. The average molecular weight is 268 g/mol. The van der Waals surface area contributed by atoms with Crippen LogP contribution in [0.15, 0.2) is 0 Å². The second kappa shape index (κ2) is 16.1. The van der Waals surface area contributed by atoms with Gasteiger partial charge in [0, 0.05) is 0 Å². The molecule has 0 aromatic heterocycles. The maximum atomic E-state index is 3.91. The van der Waals surface area contributed by atoms with Crippen molar-refractivity contribution in [3.63, 3.8) is 0 Å². The first-order chi connectivity index (χ1) is 9.31. The van der Waals surface area contributed by atoms with Crippen LogP contribution in [-0.2, 0) is 0 Å². The molecule has 0 bridgehead atoms. The number of hydrogen-bond acceptors (Lipinski definition) is 0. The van der Waals surface area contributed by atoms with Gasteiger partial charge in [-0.1, -0.05) is 117 Å². The zero-order valence-electron chi connectivity index (χ0n) is 13.9. The highest BCUT2D eigenvalue weighted by atomic mass is 14.1. The van der Waals surface area contributed by atoms with E-state index in [0.717, 1.165) is 12.3 Å². The summed E-state index contributed by atoms with van der Waals surface area (Å²) in [5.41, 5.74) is 0. The molecule has 0 aliphatic carbocycles. The minimum atomic E-state index is 0.945. The van der Waals surface area contributed by atoms with Crippen LogP contribution >= 0.6 is 0 Å². The molecule has 0 saturated carbocycles. The van der Waals surface area contributed by atoms with Crippen molar-refractivity contribution in [2.75, 3.05) is 0 Å². The Morgan fingerprint density at radius 1 is 0.632 bits per heavy atom. The lowest BCUT2D eigenvalue weighted by atomic mass is 9.96. The summed E-state index contributed by atoms with van der Waals surface area (Å²) < 4.78 is 0. The van der Waals surface area contributed by atoms with E-state index in [-0.39, 0.29) is 0 Å². The van der Waals surface area contributed by atoms with Crippen molar-refractivity contribution in [2.24, 2.45) is 5.92 Å². The Kier molecular flexibility index (Phi) is 16.1. The summed E-state index contributed by atoms with van der Waals surface area (Å²) in [5.74, 6) is 0.945. The Hall–Kier alpha value is 0. The normalized spacial score (nSPS) is 12.8. The number of hydrogen-bond donors (Lipinski definition) is 0. The van der Waals surface area contributed by atoms with Crippen LogP contribution in [0.25, 0.3) is 0 Å². The highest BCUT2D eigenvalue weighted by molar-refractivity contribution is 4.56. The molecular formula is C19H39. The van der Waals surface area contributed by atoms with Crippen molar-refractivity contribution in [3.8, 4) is 0 Å². The molecule has 1 unspecified atom stereocenters. The van der Waals surface area contributed by atoms with E-state index in [9.17, 15) is 0 Å². The second-order valence-corrected chi connectivity index (χ2v) is 6.43. The van der Waals surface area contributed by atoms with Crippen LogP contribution in [0.4, 0.5) is 0 Å². The maximum absolute atomic E-state index is 3.91. The molecule has 0 heterocycles. The molecule has 115 valence electrons. The molecule has 0 nitrogen and oxygen atoms in total. The van der Waals surface area contributed by atoms with Crippen molar-refractivity contribution in [1.82, 2.24) is 0 Å². The highest BCUT2D eigenvalue weighted by Gasteiger charge is 2.01. The third-order valence-corrected chi connectivity index (χ3v) is 4.25. The van der Waals surface area contributed by atoms with Gasteiger partial charge in [-0.05, 0) is 5.92 Å². The summed E-state index contributed by atoms with van der Waals surface area (Å²) in [5, 5.41) is 0. The number of rotatable bonds is 15. The van der Waals surface area contributed by atoms with Crippen molar-refractivity contribution in [3.05, 3.63) is 6.92 Å². The monoisotopic (exact) mass is 267 g/mol. The van der Waals surface area contributed by atoms with Gasteiger partial charge in [-0.2, -0.15) is 0 Å². The highest BCUT2D eigenvalue weighted by Crippen LogP contribution is 2.17. The third-order valence-electron chi connectivity index (χ3n) is 4.25. The number of unbranched alkanes of at least 4 members (excludes halogenated alkanes) is 11. The lowest BCUT2D eigenvalue weighted by molar-refractivity contribution is 0.437.